The molecule has 1 aromatic heterocycles. The highest BCUT2D eigenvalue weighted by Crippen LogP contribution is 2.30. The Hall–Kier alpha value is -1.45. The summed E-state index contributed by atoms with van der Waals surface area (Å²) < 4.78 is 0. The van der Waals surface area contributed by atoms with Crippen molar-refractivity contribution in [3.8, 4) is 0 Å². The number of fused-ring (bicyclic) bond motifs is 1. The summed E-state index contributed by atoms with van der Waals surface area (Å²) in [5, 5.41) is 4.84. The summed E-state index contributed by atoms with van der Waals surface area (Å²) in [5.41, 5.74) is 2.57. The first-order valence-corrected chi connectivity index (χ1v) is 9.19. The lowest BCUT2D eigenvalue weighted by molar-refractivity contribution is 0.0781. The highest BCUT2D eigenvalue weighted by atomic mass is 15.2. The molecule has 2 aliphatic heterocycles. The van der Waals surface area contributed by atoms with E-state index < -0.39 is 0 Å². The van der Waals surface area contributed by atoms with Crippen LogP contribution in [0.15, 0.2) is 36.5 Å². The Morgan fingerprint density at radius 1 is 1.04 bits per heavy atom. The summed E-state index contributed by atoms with van der Waals surface area (Å²) in [5.74, 6) is 0.879. The van der Waals surface area contributed by atoms with Crippen LogP contribution in [0.5, 0.6) is 0 Å². The van der Waals surface area contributed by atoms with E-state index in [1.165, 1.54) is 62.7 Å². The van der Waals surface area contributed by atoms with Gasteiger partial charge in [-0.25, -0.2) is 0 Å². The zero-order valence-electron chi connectivity index (χ0n) is 13.9. The first-order chi connectivity index (χ1) is 11.4. The third-order valence-electron chi connectivity index (χ3n) is 5.70. The van der Waals surface area contributed by atoms with Crippen LogP contribution in [0.25, 0.3) is 10.9 Å². The minimum atomic E-state index is 0.776. The molecule has 2 aromatic rings. The van der Waals surface area contributed by atoms with Gasteiger partial charge in [-0.05, 0) is 68.9 Å². The molecule has 0 aliphatic carbocycles. The van der Waals surface area contributed by atoms with Crippen molar-refractivity contribution >= 4 is 10.9 Å². The topological polar surface area (TPSA) is 28.2 Å². The second-order valence-electron chi connectivity index (χ2n) is 7.11. The Labute approximate surface area is 139 Å². The van der Waals surface area contributed by atoms with Crippen LogP contribution in [0.2, 0.25) is 0 Å². The minimum absolute atomic E-state index is 0.776. The molecule has 3 nitrogen and oxygen atoms in total. The van der Waals surface area contributed by atoms with Crippen molar-refractivity contribution in [1.82, 2.24) is 15.2 Å². The van der Waals surface area contributed by atoms with Crippen LogP contribution in [-0.2, 0) is 6.54 Å². The van der Waals surface area contributed by atoms with Gasteiger partial charge in [0.2, 0.25) is 0 Å². The van der Waals surface area contributed by atoms with Gasteiger partial charge in [-0.15, -0.1) is 0 Å². The van der Waals surface area contributed by atoms with E-state index in [1.807, 2.05) is 6.20 Å². The number of hydrogen-bond acceptors (Lipinski definition) is 3. The molecule has 2 saturated heterocycles. The average molecular weight is 309 g/mol. The number of hydrogen-bond donors (Lipinski definition) is 1. The lowest BCUT2D eigenvalue weighted by Crippen LogP contribution is -2.46. The molecule has 0 spiro atoms. The molecule has 2 aliphatic rings. The van der Waals surface area contributed by atoms with Gasteiger partial charge in [-0.3, -0.25) is 9.88 Å². The summed E-state index contributed by atoms with van der Waals surface area (Å²) in [6.45, 7) is 4.74. The summed E-state index contributed by atoms with van der Waals surface area (Å²) in [4.78, 5) is 7.28. The molecule has 1 N–H and O–H groups in total. The highest BCUT2D eigenvalue weighted by molar-refractivity contribution is 5.81. The van der Waals surface area contributed by atoms with Gasteiger partial charge < -0.3 is 5.32 Å². The maximum absolute atomic E-state index is 4.52. The Bertz CT molecular complexity index is 643. The SMILES string of the molecule is c1ccc2c(CN3CCCCC3C3CCNCC3)ccnc2c1. The number of likely N-dealkylation sites (tertiary alicyclic amines) is 1. The number of piperidine rings is 2. The second-order valence-corrected chi connectivity index (χ2v) is 7.11. The Kier molecular flexibility index (Phi) is 4.58. The van der Waals surface area contributed by atoms with Crippen molar-refractivity contribution in [3.63, 3.8) is 0 Å². The van der Waals surface area contributed by atoms with Crippen LogP contribution in [0.4, 0.5) is 0 Å². The van der Waals surface area contributed by atoms with E-state index in [0.29, 0.717) is 0 Å². The Morgan fingerprint density at radius 3 is 2.83 bits per heavy atom. The van der Waals surface area contributed by atoms with E-state index in [1.54, 1.807) is 0 Å². The molecule has 23 heavy (non-hydrogen) atoms. The second kappa shape index (κ2) is 6.98. The quantitative estimate of drug-likeness (QED) is 0.939. The number of aromatic nitrogens is 1. The first-order valence-electron chi connectivity index (χ1n) is 9.19. The predicted octanol–water partition coefficient (Wildman–Crippen LogP) is 3.59. The van der Waals surface area contributed by atoms with Gasteiger partial charge in [0.1, 0.15) is 0 Å². The summed E-state index contributed by atoms with van der Waals surface area (Å²) in [7, 11) is 0. The van der Waals surface area contributed by atoms with Crippen LogP contribution in [0, 0.1) is 5.92 Å². The predicted molar refractivity (Wildman–Crippen MR) is 95.4 cm³/mol. The molecule has 4 rings (SSSR count). The number of pyridine rings is 1. The van der Waals surface area contributed by atoms with Gasteiger partial charge in [-0.2, -0.15) is 0 Å². The van der Waals surface area contributed by atoms with Crippen LogP contribution < -0.4 is 5.32 Å². The van der Waals surface area contributed by atoms with Crippen LogP contribution in [0.1, 0.15) is 37.7 Å². The summed E-state index contributed by atoms with van der Waals surface area (Å²) in [6, 6.07) is 11.6. The van der Waals surface area contributed by atoms with Crippen molar-refractivity contribution in [2.45, 2.75) is 44.7 Å². The van der Waals surface area contributed by atoms with Gasteiger partial charge >= 0.3 is 0 Å². The molecular formula is C20H27N3. The third kappa shape index (κ3) is 3.26. The van der Waals surface area contributed by atoms with Crippen LogP contribution in [0.3, 0.4) is 0 Å². The molecule has 0 radical (unpaired) electrons. The number of rotatable bonds is 3. The smallest absolute Gasteiger partial charge is 0.0705 e. The number of benzene rings is 1. The molecule has 2 fully saturated rings. The lowest BCUT2D eigenvalue weighted by Gasteiger charge is -2.42. The largest absolute Gasteiger partial charge is 0.317 e. The minimum Gasteiger partial charge on any atom is -0.317 e. The monoisotopic (exact) mass is 309 g/mol. The molecular weight excluding hydrogens is 282 g/mol. The molecule has 1 unspecified atom stereocenters. The fraction of sp³-hybridized carbons (Fsp3) is 0.550. The Balaban J connectivity index is 1.57. The molecule has 3 heteroatoms. The van der Waals surface area contributed by atoms with Gasteiger partial charge in [0.25, 0.3) is 0 Å². The zero-order chi connectivity index (χ0) is 15.5. The van der Waals surface area contributed by atoms with Crippen LogP contribution in [-0.4, -0.2) is 35.6 Å². The number of nitrogens with zero attached hydrogens (tertiary/aromatic N) is 2. The van der Waals surface area contributed by atoms with Crippen molar-refractivity contribution in [2.24, 2.45) is 5.92 Å². The molecule has 1 aromatic carbocycles. The summed E-state index contributed by atoms with van der Waals surface area (Å²) >= 11 is 0. The Morgan fingerprint density at radius 2 is 1.91 bits per heavy atom. The standard InChI is InChI=1S/C20H27N3/c1-2-6-19-18(5-1)17(10-13-22-19)15-23-14-4-3-7-20(23)16-8-11-21-12-9-16/h1-2,5-6,10,13,16,20-21H,3-4,7-9,11-12,14-15H2. The van der Waals surface area contributed by atoms with Crippen molar-refractivity contribution < 1.29 is 0 Å². The van der Waals surface area contributed by atoms with Crippen LogP contribution >= 0.6 is 0 Å². The molecule has 0 amide bonds. The molecule has 122 valence electrons. The number of para-hydroxylation sites is 1. The van der Waals surface area contributed by atoms with E-state index in [9.17, 15) is 0 Å². The van der Waals surface area contributed by atoms with Gasteiger partial charge in [0.15, 0.2) is 0 Å². The molecule has 3 heterocycles. The van der Waals surface area contributed by atoms with E-state index in [4.69, 9.17) is 0 Å². The maximum atomic E-state index is 4.52. The van der Waals surface area contributed by atoms with Gasteiger partial charge in [-0.1, -0.05) is 24.6 Å². The fourth-order valence-electron chi connectivity index (χ4n) is 4.49. The number of nitrogens with one attached hydrogen (secondary N) is 1. The van der Waals surface area contributed by atoms with Crippen molar-refractivity contribution in [1.29, 1.82) is 0 Å². The molecule has 1 atom stereocenters. The van der Waals surface area contributed by atoms with E-state index in [-0.39, 0.29) is 0 Å². The van der Waals surface area contributed by atoms with E-state index >= 15 is 0 Å². The van der Waals surface area contributed by atoms with Crippen molar-refractivity contribution in [3.05, 3.63) is 42.1 Å². The maximum Gasteiger partial charge on any atom is 0.0705 e. The first kappa shape index (κ1) is 15.1. The highest BCUT2D eigenvalue weighted by Gasteiger charge is 2.30. The third-order valence-corrected chi connectivity index (χ3v) is 5.70. The van der Waals surface area contributed by atoms with E-state index in [2.05, 4.69) is 45.5 Å². The normalized spacial score (nSPS) is 24.1. The lowest BCUT2D eigenvalue weighted by atomic mass is 9.84. The van der Waals surface area contributed by atoms with Crippen molar-refractivity contribution in [2.75, 3.05) is 19.6 Å². The fourth-order valence-corrected chi connectivity index (χ4v) is 4.49. The van der Waals surface area contributed by atoms with Gasteiger partial charge in [0, 0.05) is 24.2 Å². The molecule has 0 bridgehead atoms. The average Bonchev–Trinajstić information content (AvgIpc) is 2.63. The zero-order valence-corrected chi connectivity index (χ0v) is 13.9. The van der Waals surface area contributed by atoms with E-state index in [0.717, 1.165) is 24.0 Å². The molecule has 0 saturated carbocycles. The summed E-state index contributed by atoms with van der Waals surface area (Å²) in [6.07, 6.45) is 8.80. The van der Waals surface area contributed by atoms with Gasteiger partial charge in [0.05, 0.1) is 5.52 Å².